The van der Waals surface area contributed by atoms with Crippen LogP contribution in [0.3, 0.4) is 0 Å². The number of benzene rings is 1. The Bertz CT molecular complexity index is 1140. The van der Waals surface area contributed by atoms with Gasteiger partial charge in [-0.05, 0) is 65.9 Å². The van der Waals surface area contributed by atoms with Gasteiger partial charge in [-0.1, -0.05) is 79.7 Å². The number of pyridine rings is 1. The summed E-state index contributed by atoms with van der Waals surface area (Å²) in [5, 5.41) is 11.9. The second kappa shape index (κ2) is 9.58. The van der Waals surface area contributed by atoms with Crippen molar-refractivity contribution in [3.05, 3.63) is 63.5 Å². The summed E-state index contributed by atoms with van der Waals surface area (Å²) in [4.78, 5) is 5.30. The molecule has 2 heterocycles. The average Bonchev–Trinajstić information content (AvgIpc) is 2.74. The lowest BCUT2D eigenvalue weighted by atomic mass is 9.72. The van der Waals surface area contributed by atoms with Gasteiger partial charge in [-0.25, -0.2) is 0 Å². The third-order valence-electron chi connectivity index (χ3n) is 9.18. The van der Waals surface area contributed by atoms with Crippen LogP contribution in [0, 0.1) is 12.3 Å². The predicted octanol–water partition coefficient (Wildman–Crippen LogP) is 7.92. The van der Waals surface area contributed by atoms with Crippen LogP contribution in [0.4, 0.5) is 0 Å². The van der Waals surface area contributed by atoms with Crippen molar-refractivity contribution in [2.45, 2.75) is 117 Å². The van der Waals surface area contributed by atoms with Crippen molar-refractivity contribution in [1.29, 1.82) is 0 Å². The summed E-state index contributed by atoms with van der Waals surface area (Å²) in [5.41, 5.74) is 7.88. The Morgan fingerprint density at radius 3 is 2.16 bits per heavy atom. The number of aromatic nitrogens is 1. The van der Waals surface area contributed by atoms with Crippen molar-refractivity contribution in [2.24, 2.45) is 5.41 Å². The van der Waals surface area contributed by atoms with E-state index in [9.17, 15) is 5.11 Å². The molecule has 0 radical (unpaired) electrons. The zero-order valence-corrected chi connectivity index (χ0v) is 26.1. The Morgan fingerprint density at radius 2 is 1.68 bits per heavy atom. The van der Waals surface area contributed by atoms with Gasteiger partial charge in [-0.3, -0.25) is 4.98 Å². The first kappa shape index (κ1) is 28.5. The summed E-state index contributed by atoms with van der Waals surface area (Å²) in [5.74, 6) is 0.212. The first-order valence-corrected chi connectivity index (χ1v) is 16.9. The largest absolute Gasteiger partial charge is 0.410 e. The van der Waals surface area contributed by atoms with E-state index in [1.165, 1.54) is 11.1 Å². The minimum Gasteiger partial charge on any atom is -0.410 e. The molecule has 204 valence electrons. The smallest absolute Gasteiger partial charge is 0.192 e. The van der Waals surface area contributed by atoms with Gasteiger partial charge in [-0.15, -0.1) is 0 Å². The van der Waals surface area contributed by atoms with Crippen LogP contribution in [0.5, 0.6) is 0 Å². The molecule has 1 aliphatic carbocycles. The highest BCUT2D eigenvalue weighted by Gasteiger charge is 2.44. The van der Waals surface area contributed by atoms with E-state index in [-0.39, 0.29) is 27.9 Å². The number of fused-ring (bicyclic) bond motifs is 1. The normalized spacial score (nSPS) is 21.9. The van der Waals surface area contributed by atoms with Gasteiger partial charge in [0.1, 0.15) is 6.10 Å². The van der Waals surface area contributed by atoms with E-state index in [0.717, 1.165) is 54.1 Å². The molecule has 4 rings (SSSR count). The van der Waals surface area contributed by atoms with Crippen molar-refractivity contribution in [1.82, 2.24) is 4.98 Å². The molecule has 2 aromatic rings. The van der Waals surface area contributed by atoms with Crippen molar-refractivity contribution >= 4 is 8.32 Å². The first-order valence-electron chi connectivity index (χ1n) is 14.0. The lowest BCUT2D eigenvalue weighted by Crippen LogP contribution is -2.44. The second-order valence-electron chi connectivity index (χ2n) is 14.5. The predicted molar refractivity (Wildman–Crippen MR) is 155 cm³/mol. The molecule has 37 heavy (non-hydrogen) atoms. The van der Waals surface area contributed by atoms with E-state index in [2.05, 4.69) is 99.7 Å². The third kappa shape index (κ3) is 5.34. The maximum absolute atomic E-state index is 11.8. The fourth-order valence-electron chi connectivity index (χ4n) is 5.74. The standard InChI is InChI=1S/C32H49NO3Si/c1-20(2)28-27(29(34)22-12-14-23(15-13-22)32(9)18-35-19-32)21(3)26-24(33-28)16-31(7,8)17-25(26)36-37(10,11)30(4,5)6/h12-15,20,25,29,34H,16-19H2,1-11H3/t25-,29?/m0/s1. The van der Waals surface area contributed by atoms with Crippen molar-refractivity contribution in [3.63, 3.8) is 0 Å². The van der Waals surface area contributed by atoms with Crippen LogP contribution in [0.1, 0.15) is 119 Å². The summed E-state index contributed by atoms with van der Waals surface area (Å²) >= 11 is 0. The van der Waals surface area contributed by atoms with Gasteiger partial charge in [0.25, 0.3) is 0 Å². The van der Waals surface area contributed by atoms with E-state index in [4.69, 9.17) is 14.1 Å². The van der Waals surface area contributed by atoms with Crippen LogP contribution in [0.25, 0.3) is 0 Å². The number of rotatable bonds is 6. The highest BCUT2D eigenvalue weighted by Crippen LogP contribution is 2.49. The number of hydrogen-bond acceptors (Lipinski definition) is 4. The molecule has 1 aromatic heterocycles. The minimum atomic E-state index is -2.01. The Balaban J connectivity index is 1.81. The number of nitrogens with zero attached hydrogens (tertiary/aromatic N) is 1. The molecule has 0 bridgehead atoms. The maximum Gasteiger partial charge on any atom is 0.192 e. The molecule has 1 saturated heterocycles. The van der Waals surface area contributed by atoms with Crippen LogP contribution in [0.2, 0.25) is 18.1 Å². The van der Waals surface area contributed by atoms with Gasteiger partial charge in [0.05, 0.1) is 19.3 Å². The molecule has 1 fully saturated rings. The summed E-state index contributed by atoms with van der Waals surface area (Å²) in [7, 11) is -2.01. The Kier molecular flexibility index (Phi) is 7.38. The minimum absolute atomic E-state index is 0.000228. The van der Waals surface area contributed by atoms with Crippen molar-refractivity contribution < 1.29 is 14.3 Å². The summed E-state index contributed by atoms with van der Waals surface area (Å²) in [6.07, 6.45) is 1.19. The summed E-state index contributed by atoms with van der Waals surface area (Å²) < 4.78 is 12.6. The molecule has 0 spiro atoms. The van der Waals surface area contributed by atoms with E-state index in [1.54, 1.807) is 0 Å². The SMILES string of the molecule is Cc1c(C(O)c2ccc(C3(C)COC3)cc2)c(C(C)C)nc2c1[C@@H](O[Si](C)(C)C(C)(C)C)CC(C)(C)C2. The van der Waals surface area contributed by atoms with E-state index in [1.807, 2.05) is 0 Å². The molecule has 0 amide bonds. The van der Waals surface area contributed by atoms with E-state index >= 15 is 0 Å². The summed E-state index contributed by atoms with van der Waals surface area (Å²) in [6.45, 7) is 26.6. The third-order valence-corrected chi connectivity index (χ3v) is 13.7. The zero-order valence-electron chi connectivity index (χ0n) is 25.1. The Morgan fingerprint density at radius 1 is 1.08 bits per heavy atom. The molecule has 4 nitrogen and oxygen atoms in total. The lowest BCUT2D eigenvalue weighted by Gasteiger charge is -2.45. The van der Waals surface area contributed by atoms with Gasteiger partial charge < -0.3 is 14.3 Å². The quantitative estimate of drug-likeness (QED) is 0.391. The molecule has 5 heteroatoms. The van der Waals surface area contributed by atoms with Crippen LogP contribution in [-0.2, 0) is 21.0 Å². The highest BCUT2D eigenvalue weighted by molar-refractivity contribution is 6.74. The van der Waals surface area contributed by atoms with Crippen molar-refractivity contribution in [2.75, 3.05) is 13.2 Å². The van der Waals surface area contributed by atoms with Gasteiger partial charge in [-0.2, -0.15) is 0 Å². The first-order chi connectivity index (χ1) is 17.0. The van der Waals surface area contributed by atoms with Crippen LogP contribution in [0.15, 0.2) is 24.3 Å². The Labute approximate surface area is 226 Å². The topological polar surface area (TPSA) is 51.6 Å². The molecular formula is C32H49NO3Si. The van der Waals surface area contributed by atoms with Gasteiger partial charge in [0.15, 0.2) is 8.32 Å². The summed E-state index contributed by atoms with van der Waals surface area (Å²) in [6, 6.07) is 8.48. The molecular weight excluding hydrogens is 474 g/mol. The van der Waals surface area contributed by atoms with Crippen molar-refractivity contribution in [3.8, 4) is 0 Å². The molecule has 0 saturated carbocycles. The van der Waals surface area contributed by atoms with E-state index in [0.29, 0.717) is 0 Å². The van der Waals surface area contributed by atoms with E-state index < -0.39 is 14.4 Å². The van der Waals surface area contributed by atoms with Gasteiger partial charge >= 0.3 is 0 Å². The Hall–Kier alpha value is -1.53. The lowest BCUT2D eigenvalue weighted by molar-refractivity contribution is -0.0500. The number of aliphatic hydroxyl groups is 1. The molecule has 1 unspecified atom stereocenters. The van der Waals surface area contributed by atoms with Crippen LogP contribution < -0.4 is 0 Å². The van der Waals surface area contributed by atoms with Crippen LogP contribution >= 0.6 is 0 Å². The molecule has 1 aromatic carbocycles. The molecule has 1 N–H and O–H groups in total. The molecule has 2 atom stereocenters. The second-order valence-corrected chi connectivity index (χ2v) is 19.3. The fraction of sp³-hybridized carbons (Fsp3) is 0.656. The number of ether oxygens (including phenoxy) is 1. The van der Waals surface area contributed by atoms with Crippen LogP contribution in [-0.4, -0.2) is 31.6 Å². The fourth-order valence-corrected chi connectivity index (χ4v) is 7.00. The molecule has 2 aliphatic rings. The number of hydrogen-bond donors (Lipinski definition) is 1. The highest BCUT2D eigenvalue weighted by atomic mass is 28.4. The molecule has 1 aliphatic heterocycles. The zero-order chi connectivity index (χ0) is 27.6. The average molecular weight is 524 g/mol. The van der Waals surface area contributed by atoms with Gasteiger partial charge in [0, 0.05) is 27.9 Å². The monoisotopic (exact) mass is 523 g/mol. The van der Waals surface area contributed by atoms with Gasteiger partial charge in [0.2, 0.25) is 0 Å². The maximum atomic E-state index is 11.8. The number of aliphatic hydroxyl groups excluding tert-OH is 1.